The van der Waals surface area contributed by atoms with Crippen molar-refractivity contribution in [2.24, 2.45) is 0 Å². The van der Waals surface area contributed by atoms with Crippen LogP contribution in [0.5, 0.6) is 11.5 Å². The maximum Gasteiger partial charge on any atom is 0.408 e. The number of amides is 3. The highest BCUT2D eigenvalue weighted by Gasteiger charge is 2.36. The molecule has 3 aromatic carbocycles. The van der Waals surface area contributed by atoms with E-state index in [2.05, 4.69) is 10.6 Å². The van der Waals surface area contributed by atoms with Gasteiger partial charge in [0.1, 0.15) is 29.2 Å². The highest BCUT2D eigenvalue weighted by atomic mass is 16.6. The number of hydrogen-bond donors (Lipinski definition) is 4. The molecule has 9 heteroatoms. The fourth-order valence-electron chi connectivity index (χ4n) is 4.52. The van der Waals surface area contributed by atoms with Gasteiger partial charge in [0.2, 0.25) is 5.91 Å². The average Bonchev–Trinajstić information content (AvgIpc) is 2.89. The third-order valence-corrected chi connectivity index (χ3v) is 6.49. The van der Waals surface area contributed by atoms with Gasteiger partial charge >= 0.3 is 6.09 Å². The van der Waals surface area contributed by atoms with Crippen LogP contribution in [0.2, 0.25) is 0 Å². The largest absolute Gasteiger partial charge is 0.508 e. The molecule has 0 aliphatic heterocycles. The first kappa shape index (κ1) is 31.0. The minimum absolute atomic E-state index is 0.0221. The number of nitrogens with one attached hydrogen (secondary N) is 2. The van der Waals surface area contributed by atoms with Crippen molar-refractivity contribution in [1.29, 1.82) is 0 Å². The number of ether oxygens (including phenoxy) is 1. The van der Waals surface area contributed by atoms with Crippen molar-refractivity contribution in [3.8, 4) is 11.5 Å². The first-order valence-corrected chi connectivity index (χ1v) is 13.5. The Balaban J connectivity index is 2.02. The monoisotopic (exact) mass is 561 g/mol. The first-order chi connectivity index (χ1) is 19.3. The molecule has 0 spiro atoms. The van der Waals surface area contributed by atoms with E-state index in [4.69, 9.17) is 4.74 Å². The third kappa shape index (κ3) is 8.48. The molecule has 4 N–H and O–H groups in total. The summed E-state index contributed by atoms with van der Waals surface area (Å²) in [6, 6.07) is 15.9. The zero-order chi connectivity index (χ0) is 30.3. The normalized spacial score (nSPS) is 12.6. The molecule has 2 atom stereocenters. The molecule has 0 bridgehead atoms. The van der Waals surface area contributed by atoms with Gasteiger partial charge in [0.25, 0.3) is 5.91 Å². The number of phenols is 2. The lowest BCUT2D eigenvalue weighted by atomic mass is 9.99. The van der Waals surface area contributed by atoms with E-state index in [9.17, 15) is 24.6 Å². The summed E-state index contributed by atoms with van der Waals surface area (Å²) < 4.78 is 5.43. The van der Waals surface area contributed by atoms with Crippen molar-refractivity contribution in [3.05, 3.63) is 89.0 Å². The Morgan fingerprint density at radius 3 is 1.93 bits per heavy atom. The lowest BCUT2D eigenvalue weighted by Crippen LogP contribution is -2.53. The minimum Gasteiger partial charge on any atom is -0.508 e. The Kier molecular flexibility index (Phi) is 9.99. The summed E-state index contributed by atoms with van der Waals surface area (Å²) in [6.07, 6.45) is -0.679. The molecule has 41 heavy (non-hydrogen) atoms. The van der Waals surface area contributed by atoms with Gasteiger partial charge in [-0.05, 0) is 88.1 Å². The Morgan fingerprint density at radius 2 is 1.41 bits per heavy atom. The van der Waals surface area contributed by atoms with E-state index in [1.165, 1.54) is 29.2 Å². The number of phenolic OH excluding ortho intramolecular Hbond substituents is 2. The summed E-state index contributed by atoms with van der Waals surface area (Å²) in [7, 11) is 0. The van der Waals surface area contributed by atoms with Crippen molar-refractivity contribution >= 4 is 23.6 Å². The summed E-state index contributed by atoms with van der Waals surface area (Å²) in [5, 5.41) is 25.3. The average molecular weight is 562 g/mol. The van der Waals surface area contributed by atoms with Crippen LogP contribution in [0.4, 0.5) is 10.5 Å². The van der Waals surface area contributed by atoms with Crippen molar-refractivity contribution < 1.29 is 29.3 Å². The highest BCUT2D eigenvalue weighted by molar-refractivity contribution is 6.00. The van der Waals surface area contributed by atoms with Crippen LogP contribution < -0.4 is 10.6 Å². The lowest BCUT2D eigenvalue weighted by molar-refractivity contribution is -0.140. The van der Waals surface area contributed by atoms with Crippen LogP contribution in [0.25, 0.3) is 0 Å². The number of nitrogens with zero attached hydrogens (tertiary/aromatic N) is 1. The van der Waals surface area contributed by atoms with E-state index in [1.54, 1.807) is 52.0 Å². The number of benzene rings is 3. The molecule has 0 saturated heterocycles. The standard InChI is InChI=1S/C32H39N3O6/c1-7-35(30(39)26(33-31(40)41-32(4,5)6)19-22-11-15-24(36)16-12-22)28(23-13-17-25(37)18-14-23)29(38)34-27-20(2)9-8-10-21(27)3/h8-18,26,28,36-37H,7,19H2,1-6H3,(H,33,40)(H,34,38). The highest BCUT2D eigenvalue weighted by Crippen LogP contribution is 2.28. The predicted molar refractivity (Wildman–Crippen MR) is 158 cm³/mol. The second-order valence-electron chi connectivity index (χ2n) is 10.9. The molecule has 3 aromatic rings. The van der Waals surface area contributed by atoms with Crippen LogP contribution >= 0.6 is 0 Å². The number of anilines is 1. The minimum atomic E-state index is -1.08. The summed E-state index contributed by atoms with van der Waals surface area (Å²) in [6.45, 7) is 10.8. The van der Waals surface area contributed by atoms with Gasteiger partial charge in [-0.2, -0.15) is 0 Å². The number of carbonyl (C=O) groups excluding carboxylic acids is 3. The van der Waals surface area contributed by atoms with E-state index in [0.717, 1.165) is 11.1 Å². The van der Waals surface area contributed by atoms with Gasteiger partial charge in [0.15, 0.2) is 0 Å². The van der Waals surface area contributed by atoms with E-state index < -0.39 is 35.6 Å². The second kappa shape index (κ2) is 13.2. The first-order valence-electron chi connectivity index (χ1n) is 13.5. The summed E-state index contributed by atoms with van der Waals surface area (Å²) in [5.74, 6) is -0.846. The fraction of sp³-hybridized carbons (Fsp3) is 0.344. The summed E-state index contributed by atoms with van der Waals surface area (Å²) in [5.41, 5.74) is 2.78. The number of rotatable bonds is 9. The van der Waals surface area contributed by atoms with Gasteiger partial charge in [-0.1, -0.05) is 42.5 Å². The van der Waals surface area contributed by atoms with Gasteiger partial charge in [0.05, 0.1) is 0 Å². The van der Waals surface area contributed by atoms with E-state index in [-0.39, 0.29) is 24.5 Å². The number of likely N-dealkylation sites (N-methyl/N-ethyl adjacent to an activating group) is 1. The Hall–Kier alpha value is -4.53. The van der Waals surface area contributed by atoms with Crippen LogP contribution in [0.15, 0.2) is 66.7 Å². The Labute approximate surface area is 241 Å². The van der Waals surface area contributed by atoms with Crippen LogP contribution in [-0.2, 0) is 20.7 Å². The predicted octanol–water partition coefficient (Wildman–Crippen LogP) is 5.38. The molecule has 3 rings (SSSR count). The molecule has 0 saturated carbocycles. The zero-order valence-corrected chi connectivity index (χ0v) is 24.4. The molecule has 0 aliphatic carbocycles. The van der Waals surface area contributed by atoms with E-state index in [0.29, 0.717) is 16.8 Å². The Bertz CT molecular complexity index is 1340. The van der Waals surface area contributed by atoms with Gasteiger partial charge in [-0.3, -0.25) is 9.59 Å². The lowest BCUT2D eigenvalue weighted by Gasteiger charge is -2.34. The fourth-order valence-corrected chi connectivity index (χ4v) is 4.52. The van der Waals surface area contributed by atoms with Crippen LogP contribution in [0.3, 0.4) is 0 Å². The smallest absolute Gasteiger partial charge is 0.408 e. The van der Waals surface area contributed by atoms with E-state index >= 15 is 0 Å². The number of alkyl carbamates (subject to hydrolysis) is 1. The Morgan fingerprint density at radius 1 is 0.878 bits per heavy atom. The van der Waals surface area contributed by atoms with Crippen molar-refractivity contribution in [2.45, 2.75) is 65.6 Å². The molecule has 0 aromatic heterocycles. The molecule has 9 nitrogen and oxygen atoms in total. The van der Waals surface area contributed by atoms with E-state index in [1.807, 2.05) is 32.0 Å². The molecule has 0 aliphatic rings. The molecular weight excluding hydrogens is 522 g/mol. The molecule has 0 radical (unpaired) electrons. The van der Waals surface area contributed by atoms with Gasteiger partial charge in [-0.15, -0.1) is 0 Å². The number of hydrogen-bond acceptors (Lipinski definition) is 6. The van der Waals surface area contributed by atoms with Crippen molar-refractivity contribution in [2.75, 3.05) is 11.9 Å². The molecule has 0 fully saturated rings. The maximum atomic E-state index is 14.2. The third-order valence-electron chi connectivity index (χ3n) is 6.49. The SMILES string of the molecule is CCN(C(=O)C(Cc1ccc(O)cc1)NC(=O)OC(C)(C)C)C(C(=O)Nc1c(C)cccc1C)c1ccc(O)cc1. The van der Waals surface area contributed by atoms with Crippen molar-refractivity contribution in [3.63, 3.8) is 0 Å². The quantitative estimate of drug-likeness (QED) is 0.278. The molecule has 3 amide bonds. The van der Waals surface area contributed by atoms with Gasteiger partial charge in [-0.25, -0.2) is 4.79 Å². The zero-order valence-electron chi connectivity index (χ0n) is 24.4. The molecule has 0 heterocycles. The van der Waals surface area contributed by atoms with Gasteiger partial charge in [0, 0.05) is 18.7 Å². The second-order valence-corrected chi connectivity index (χ2v) is 10.9. The number of aryl methyl sites for hydroxylation is 2. The number of para-hydroxylation sites is 1. The summed E-state index contributed by atoms with van der Waals surface area (Å²) >= 11 is 0. The van der Waals surface area contributed by atoms with Crippen LogP contribution in [0.1, 0.15) is 56.0 Å². The van der Waals surface area contributed by atoms with Crippen molar-refractivity contribution in [1.82, 2.24) is 10.2 Å². The van der Waals surface area contributed by atoms with Crippen LogP contribution in [-0.4, -0.2) is 51.2 Å². The number of aromatic hydroxyl groups is 2. The number of carbonyl (C=O) groups is 3. The maximum absolute atomic E-state index is 14.2. The molecule has 2 unspecified atom stereocenters. The molecular formula is C32H39N3O6. The molecule has 218 valence electrons. The summed E-state index contributed by atoms with van der Waals surface area (Å²) in [4.78, 5) is 42.3. The van der Waals surface area contributed by atoms with Gasteiger partial charge < -0.3 is 30.5 Å². The van der Waals surface area contributed by atoms with Crippen LogP contribution in [0, 0.1) is 13.8 Å². The topological polar surface area (TPSA) is 128 Å².